The summed E-state index contributed by atoms with van der Waals surface area (Å²) in [5.41, 5.74) is 14.9. The number of carbonyl (C=O) groups excluding carboxylic acids is 5. The number of hydrogen-bond acceptors (Lipinski definition) is 9. The molecule has 0 radical (unpaired) electrons. The highest BCUT2D eigenvalue weighted by Gasteiger charge is 2.32. The summed E-state index contributed by atoms with van der Waals surface area (Å²) in [7, 11) is 0. The van der Waals surface area contributed by atoms with Crippen LogP contribution in [-0.4, -0.2) is 87.9 Å². The molecule has 0 spiro atoms. The quantitative estimate of drug-likeness (QED) is 0.0821. The predicted molar refractivity (Wildman–Crippen MR) is 128 cm³/mol. The van der Waals surface area contributed by atoms with Gasteiger partial charge in [0, 0.05) is 0 Å². The van der Waals surface area contributed by atoms with E-state index in [9.17, 15) is 33.6 Å². The minimum atomic E-state index is -1.63. The van der Waals surface area contributed by atoms with Gasteiger partial charge in [0.1, 0.15) is 24.2 Å². The number of carboxylic acids is 2. The fourth-order valence-electron chi connectivity index (χ4n) is 2.84. The summed E-state index contributed by atoms with van der Waals surface area (Å²) in [5.74, 6) is -7.56. The van der Waals surface area contributed by atoms with Gasteiger partial charge in [0.2, 0.25) is 29.5 Å². The van der Waals surface area contributed by atoms with Crippen LogP contribution in [0.1, 0.15) is 52.9 Å². The van der Waals surface area contributed by atoms with Gasteiger partial charge in [-0.1, -0.05) is 0 Å². The zero-order chi connectivity index (χ0) is 28.9. The van der Waals surface area contributed by atoms with Crippen LogP contribution >= 0.6 is 0 Å². The minimum absolute atomic E-state index is 0.148. The average Bonchev–Trinajstić information content (AvgIpc) is 2.75. The van der Waals surface area contributed by atoms with E-state index in [2.05, 4.69) is 21.3 Å². The van der Waals surface area contributed by atoms with Crippen LogP contribution in [0.25, 0.3) is 0 Å². The van der Waals surface area contributed by atoms with E-state index in [4.69, 9.17) is 27.4 Å². The molecule has 0 bridgehead atoms. The smallest absolute Gasteiger partial charge is 0.305 e. The van der Waals surface area contributed by atoms with E-state index in [1.165, 1.54) is 20.8 Å². The molecule has 5 amide bonds. The van der Waals surface area contributed by atoms with Gasteiger partial charge >= 0.3 is 11.9 Å². The van der Waals surface area contributed by atoms with E-state index in [0.29, 0.717) is 19.4 Å². The number of amides is 5. The summed E-state index contributed by atoms with van der Waals surface area (Å²) in [6.45, 7) is 4.21. The lowest BCUT2D eigenvalue weighted by molar-refractivity contribution is -0.141. The molecule has 0 saturated carbocycles. The highest BCUT2D eigenvalue weighted by Crippen LogP contribution is 2.04. The normalized spacial score (nSPS) is 14.3. The summed E-state index contributed by atoms with van der Waals surface area (Å²) in [6.07, 6.45) is -0.508. The molecular weight excluding hydrogens is 494 g/mol. The number of carboxylic acid groups (broad SMARTS) is 2. The van der Waals surface area contributed by atoms with E-state index in [0.717, 1.165) is 0 Å². The first-order chi connectivity index (χ1) is 17.0. The Labute approximate surface area is 213 Å². The molecule has 0 rings (SSSR count). The Hall–Kier alpha value is -3.79. The first kappa shape index (κ1) is 33.2. The van der Waals surface area contributed by atoms with Gasteiger partial charge in [0.25, 0.3) is 0 Å². The third-order valence-corrected chi connectivity index (χ3v) is 4.96. The first-order valence-corrected chi connectivity index (χ1v) is 11.4. The molecule has 12 N–H and O–H groups in total. The van der Waals surface area contributed by atoms with Crippen LogP contribution in [0, 0.1) is 0 Å². The molecule has 4 atom stereocenters. The highest BCUT2D eigenvalue weighted by molar-refractivity contribution is 5.97. The maximum atomic E-state index is 12.6. The van der Waals surface area contributed by atoms with Crippen molar-refractivity contribution in [2.24, 2.45) is 17.2 Å². The van der Waals surface area contributed by atoms with Gasteiger partial charge in [0.05, 0.1) is 18.4 Å². The van der Waals surface area contributed by atoms with Gasteiger partial charge in [-0.25, -0.2) is 0 Å². The number of nitrogens with two attached hydrogens (primary N) is 3. The lowest BCUT2D eigenvalue weighted by Gasteiger charge is -2.25. The number of primary amides is 1. The maximum Gasteiger partial charge on any atom is 0.305 e. The molecule has 210 valence electrons. The molecular formula is C21H37N7O9. The third kappa shape index (κ3) is 13.2. The van der Waals surface area contributed by atoms with Gasteiger partial charge in [-0.05, 0) is 46.6 Å². The van der Waals surface area contributed by atoms with E-state index < -0.39 is 84.0 Å². The van der Waals surface area contributed by atoms with Crippen LogP contribution < -0.4 is 38.5 Å². The van der Waals surface area contributed by atoms with Crippen molar-refractivity contribution in [3.63, 3.8) is 0 Å². The highest BCUT2D eigenvalue weighted by atomic mass is 16.4. The lowest BCUT2D eigenvalue weighted by Crippen LogP contribution is -2.59. The second kappa shape index (κ2) is 15.4. The van der Waals surface area contributed by atoms with Crippen molar-refractivity contribution in [3.8, 4) is 0 Å². The number of nitrogens with one attached hydrogen (secondary N) is 4. The van der Waals surface area contributed by atoms with E-state index in [-0.39, 0.29) is 6.42 Å². The number of hydrogen-bond donors (Lipinski definition) is 9. The van der Waals surface area contributed by atoms with Crippen LogP contribution in [0.4, 0.5) is 0 Å². The lowest BCUT2D eigenvalue weighted by atomic mass is 10.0. The van der Waals surface area contributed by atoms with Crippen molar-refractivity contribution in [3.05, 3.63) is 0 Å². The number of aliphatic carboxylic acids is 2. The van der Waals surface area contributed by atoms with Crippen LogP contribution in [0.5, 0.6) is 0 Å². The molecule has 0 aromatic carbocycles. The van der Waals surface area contributed by atoms with Crippen LogP contribution in [-0.2, 0) is 33.6 Å². The second-order valence-corrected chi connectivity index (χ2v) is 8.98. The largest absolute Gasteiger partial charge is 0.481 e. The SMILES string of the molecule is C[C@H](NC(=O)[C@H](CC(=O)O)NC(=O)C(C)(C)N)C(=O)N[C@@H](CC(=O)O)C(=O)N[C@@H](CCCCN)C(N)=O. The van der Waals surface area contributed by atoms with Gasteiger partial charge in [0.15, 0.2) is 0 Å². The minimum Gasteiger partial charge on any atom is -0.481 e. The number of carbonyl (C=O) groups is 7. The van der Waals surface area contributed by atoms with Gasteiger partial charge < -0.3 is 48.7 Å². The van der Waals surface area contributed by atoms with Crippen LogP contribution in [0.2, 0.25) is 0 Å². The number of rotatable bonds is 17. The fourth-order valence-corrected chi connectivity index (χ4v) is 2.84. The Morgan fingerprint density at radius 1 is 0.757 bits per heavy atom. The van der Waals surface area contributed by atoms with E-state index in [1.54, 1.807) is 0 Å². The first-order valence-electron chi connectivity index (χ1n) is 11.4. The van der Waals surface area contributed by atoms with Gasteiger partial charge in [-0.3, -0.25) is 33.6 Å². The van der Waals surface area contributed by atoms with Gasteiger partial charge in [-0.15, -0.1) is 0 Å². The fraction of sp³-hybridized carbons (Fsp3) is 0.667. The molecule has 0 fully saturated rings. The Kier molecular flexibility index (Phi) is 13.8. The monoisotopic (exact) mass is 531 g/mol. The van der Waals surface area contributed by atoms with Crippen LogP contribution in [0.3, 0.4) is 0 Å². The maximum absolute atomic E-state index is 12.6. The van der Waals surface area contributed by atoms with Gasteiger partial charge in [-0.2, -0.15) is 0 Å². The Bertz CT molecular complexity index is 873. The molecule has 0 aliphatic carbocycles. The Morgan fingerprint density at radius 3 is 1.65 bits per heavy atom. The average molecular weight is 532 g/mol. The molecule has 0 aliphatic heterocycles. The van der Waals surface area contributed by atoms with Crippen molar-refractivity contribution in [2.45, 2.75) is 82.6 Å². The summed E-state index contributed by atoms with van der Waals surface area (Å²) in [6, 6.07) is -5.72. The van der Waals surface area contributed by atoms with Crippen LogP contribution in [0.15, 0.2) is 0 Å². The predicted octanol–water partition coefficient (Wildman–Crippen LogP) is -3.75. The Balaban J connectivity index is 5.41. The van der Waals surface area contributed by atoms with Crippen molar-refractivity contribution >= 4 is 41.5 Å². The second-order valence-electron chi connectivity index (χ2n) is 8.98. The van der Waals surface area contributed by atoms with Crippen molar-refractivity contribution in [1.82, 2.24) is 21.3 Å². The van der Waals surface area contributed by atoms with Crippen molar-refractivity contribution < 1.29 is 43.8 Å². The molecule has 0 aromatic heterocycles. The van der Waals surface area contributed by atoms with E-state index >= 15 is 0 Å². The standard InChI is InChI=1S/C21H37N7O9/c1-10(25-18(35)13(9-15(31)32)28-20(37)21(2,3)24)17(34)27-12(8-14(29)30)19(36)26-11(16(23)33)6-4-5-7-22/h10-13H,4-9,22,24H2,1-3H3,(H2,23,33)(H,25,35)(H,26,36)(H,27,34)(H,28,37)(H,29,30)(H,31,32)/t10-,11-,12-,13-/m0/s1. The summed E-state index contributed by atoms with van der Waals surface area (Å²) < 4.78 is 0. The molecule has 0 aliphatic rings. The summed E-state index contributed by atoms with van der Waals surface area (Å²) in [4.78, 5) is 83.9. The topological polar surface area (TPSA) is 286 Å². The number of unbranched alkanes of at least 4 members (excludes halogenated alkanes) is 1. The zero-order valence-corrected chi connectivity index (χ0v) is 21.0. The molecule has 16 heteroatoms. The van der Waals surface area contributed by atoms with E-state index in [1.807, 2.05) is 0 Å². The molecule has 0 heterocycles. The van der Waals surface area contributed by atoms with Crippen molar-refractivity contribution in [1.29, 1.82) is 0 Å². The molecule has 0 saturated heterocycles. The molecule has 37 heavy (non-hydrogen) atoms. The molecule has 16 nitrogen and oxygen atoms in total. The van der Waals surface area contributed by atoms with Crippen molar-refractivity contribution in [2.75, 3.05) is 6.54 Å². The molecule has 0 aromatic rings. The summed E-state index contributed by atoms with van der Waals surface area (Å²) >= 11 is 0. The molecule has 0 unspecified atom stereocenters. The summed E-state index contributed by atoms with van der Waals surface area (Å²) in [5, 5.41) is 27.0. The zero-order valence-electron chi connectivity index (χ0n) is 21.0. The third-order valence-electron chi connectivity index (χ3n) is 4.96. The Morgan fingerprint density at radius 2 is 1.22 bits per heavy atom.